The summed E-state index contributed by atoms with van der Waals surface area (Å²) in [5.41, 5.74) is 5.35. The Kier molecular flexibility index (Phi) is 4.34. The van der Waals surface area contributed by atoms with E-state index in [9.17, 15) is 13.2 Å². The van der Waals surface area contributed by atoms with Gasteiger partial charge >= 0.3 is 6.18 Å². The summed E-state index contributed by atoms with van der Waals surface area (Å²) in [5.74, 6) is -1.25. The minimum Gasteiger partial charge on any atom is -0.327 e. The van der Waals surface area contributed by atoms with Crippen LogP contribution in [0.3, 0.4) is 0 Å². The molecule has 0 aromatic heterocycles. The van der Waals surface area contributed by atoms with Crippen molar-refractivity contribution < 1.29 is 13.2 Å². The molecule has 0 aliphatic heterocycles. The first kappa shape index (κ1) is 12.0. The van der Waals surface area contributed by atoms with Gasteiger partial charge in [-0.25, -0.2) is 0 Å². The zero-order chi connectivity index (χ0) is 8.48. The van der Waals surface area contributed by atoms with E-state index in [1.807, 2.05) is 0 Å². The summed E-state index contributed by atoms with van der Waals surface area (Å²) in [7, 11) is 0. The summed E-state index contributed by atoms with van der Waals surface area (Å²) < 4.78 is 36.3. The Morgan fingerprint density at radius 2 is 1.58 bits per heavy atom. The van der Waals surface area contributed by atoms with E-state index in [0.717, 1.165) is 6.42 Å². The fourth-order valence-corrected chi connectivity index (χ4v) is 1.57. The second-order valence-electron chi connectivity index (χ2n) is 3.10. The van der Waals surface area contributed by atoms with E-state index in [1.54, 1.807) is 0 Å². The molecule has 2 atom stereocenters. The van der Waals surface area contributed by atoms with E-state index in [0.29, 0.717) is 12.8 Å². The molecule has 0 aromatic rings. The minimum atomic E-state index is -4.08. The van der Waals surface area contributed by atoms with E-state index >= 15 is 0 Å². The lowest BCUT2D eigenvalue weighted by molar-refractivity contribution is -0.186. The van der Waals surface area contributed by atoms with Crippen LogP contribution >= 0.6 is 12.4 Å². The molecule has 1 aliphatic rings. The van der Waals surface area contributed by atoms with Crippen LogP contribution in [0, 0.1) is 5.92 Å². The van der Waals surface area contributed by atoms with Crippen molar-refractivity contribution in [3.8, 4) is 0 Å². The van der Waals surface area contributed by atoms with Gasteiger partial charge in [0, 0.05) is 6.04 Å². The van der Waals surface area contributed by atoms with E-state index in [4.69, 9.17) is 5.73 Å². The highest BCUT2D eigenvalue weighted by Gasteiger charge is 2.43. The maximum atomic E-state index is 12.1. The van der Waals surface area contributed by atoms with Gasteiger partial charge in [0.25, 0.3) is 0 Å². The molecule has 1 nitrogen and oxygen atoms in total. The Morgan fingerprint density at radius 3 is 1.92 bits per heavy atom. The van der Waals surface area contributed by atoms with Gasteiger partial charge in [0.1, 0.15) is 0 Å². The average Bonchev–Trinajstić information content (AvgIpc) is 1.86. The minimum absolute atomic E-state index is 0. The molecule has 0 spiro atoms. The smallest absolute Gasteiger partial charge is 0.327 e. The van der Waals surface area contributed by atoms with Crippen LogP contribution in [-0.4, -0.2) is 12.2 Å². The monoisotopic (exact) mass is 203 g/mol. The first-order valence-electron chi connectivity index (χ1n) is 3.84. The molecule has 74 valence electrons. The molecule has 12 heavy (non-hydrogen) atoms. The Hall–Kier alpha value is 0.0400. The largest absolute Gasteiger partial charge is 0.393 e. The predicted molar refractivity (Wildman–Crippen MR) is 43.2 cm³/mol. The van der Waals surface area contributed by atoms with Crippen molar-refractivity contribution in [2.45, 2.75) is 37.9 Å². The van der Waals surface area contributed by atoms with Crippen molar-refractivity contribution in [2.24, 2.45) is 11.7 Å². The number of alkyl halides is 3. The Bertz CT molecular complexity index is 137. The molecule has 0 amide bonds. The lowest BCUT2D eigenvalue weighted by Crippen LogP contribution is -2.41. The summed E-state index contributed by atoms with van der Waals surface area (Å²) in [4.78, 5) is 0. The second kappa shape index (κ2) is 4.33. The van der Waals surface area contributed by atoms with Crippen LogP contribution < -0.4 is 5.73 Å². The molecular formula is C7H13ClF3N. The van der Waals surface area contributed by atoms with Gasteiger partial charge in [-0.2, -0.15) is 13.2 Å². The second-order valence-corrected chi connectivity index (χ2v) is 3.10. The van der Waals surface area contributed by atoms with Crippen LogP contribution in [0.2, 0.25) is 0 Å². The third kappa shape index (κ3) is 2.83. The van der Waals surface area contributed by atoms with Gasteiger partial charge in [-0.1, -0.05) is 12.8 Å². The van der Waals surface area contributed by atoms with Crippen molar-refractivity contribution in [1.82, 2.24) is 0 Å². The third-order valence-corrected chi connectivity index (χ3v) is 2.24. The predicted octanol–water partition coefficient (Wildman–Crippen LogP) is 2.49. The summed E-state index contributed by atoms with van der Waals surface area (Å²) in [6.07, 6.45) is -1.85. The normalized spacial score (nSPS) is 31.0. The maximum Gasteiger partial charge on any atom is 0.393 e. The molecule has 0 radical (unpaired) electrons. The van der Waals surface area contributed by atoms with Gasteiger partial charge in [0.2, 0.25) is 0 Å². The molecule has 1 saturated carbocycles. The Balaban J connectivity index is 0.00000121. The van der Waals surface area contributed by atoms with Gasteiger partial charge in [0.15, 0.2) is 0 Å². The molecule has 1 fully saturated rings. The molecule has 0 bridgehead atoms. The number of rotatable bonds is 0. The van der Waals surface area contributed by atoms with E-state index < -0.39 is 18.1 Å². The fraction of sp³-hybridized carbons (Fsp3) is 1.00. The van der Waals surface area contributed by atoms with Gasteiger partial charge in [-0.3, -0.25) is 0 Å². The lowest BCUT2D eigenvalue weighted by atomic mass is 9.85. The fourth-order valence-electron chi connectivity index (χ4n) is 1.57. The molecule has 0 saturated heterocycles. The van der Waals surface area contributed by atoms with Crippen molar-refractivity contribution in [2.75, 3.05) is 0 Å². The lowest BCUT2D eigenvalue weighted by Gasteiger charge is -2.29. The maximum absolute atomic E-state index is 12.1. The van der Waals surface area contributed by atoms with E-state index in [2.05, 4.69) is 0 Å². The SMILES string of the molecule is Cl.N[C@@H]1CCCC[C@@H]1C(F)(F)F. The summed E-state index contributed by atoms with van der Waals surface area (Å²) >= 11 is 0. The summed E-state index contributed by atoms with van der Waals surface area (Å²) in [5, 5.41) is 0. The van der Waals surface area contributed by atoms with Crippen molar-refractivity contribution in [3.05, 3.63) is 0 Å². The van der Waals surface area contributed by atoms with E-state index in [1.165, 1.54) is 0 Å². The van der Waals surface area contributed by atoms with Crippen LogP contribution in [0.25, 0.3) is 0 Å². The number of halogens is 4. The molecular weight excluding hydrogens is 191 g/mol. The zero-order valence-corrected chi connectivity index (χ0v) is 7.42. The highest BCUT2D eigenvalue weighted by Crippen LogP contribution is 2.36. The van der Waals surface area contributed by atoms with Crippen LogP contribution in [0.15, 0.2) is 0 Å². The average molecular weight is 204 g/mol. The van der Waals surface area contributed by atoms with E-state index in [-0.39, 0.29) is 18.8 Å². The topological polar surface area (TPSA) is 26.0 Å². The zero-order valence-electron chi connectivity index (χ0n) is 6.60. The third-order valence-electron chi connectivity index (χ3n) is 2.24. The molecule has 0 unspecified atom stereocenters. The molecule has 1 aliphatic carbocycles. The number of nitrogens with two attached hydrogens (primary N) is 1. The summed E-state index contributed by atoms with van der Waals surface area (Å²) in [6, 6.07) is -0.663. The first-order valence-corrected chi connectivity index (χ1v) is 3.84. The van der Waals surface area contributed by atoms with Crippen molar-refractivity contribution >= 4 is 12.4 Å². The molecule has 0 aromatic carbocycles. The van der Waals surface area contributed by atoms with Crippen molar-refractivity contribution in [3.63, 3.8) is 0 Å². The van der Waals surface area contributed by atoms with Crippen molar-refractivity contribution in [1.29, 1.82) is 0 Å². The Morgan fingerprint density at radius 1 is 1.08 bits per heavy atom. The quantitative estimate of drug-likeness (QED) is 0.643. The highest BCUT2D eigenvalue weighted by atomic mass is 35.5. The standard InChI is InChI=1S/C7H12F3N.ClH/c8-7(9,10)5-3-1-2-4-6(5)11;/h5-6H,1-4,11H2;1H/t5-,6+;/m0./s1. The number of hydrogen-bond acceptors (Lipinski definition) is 1. The molecule has 1 rings (SSSR count). The Labute approximate surface area is 75.9 Å². The molecule has 2 N–H and O–H groups in total. The molecule has 5 heteroatoms. The highest BCUT2D eigenvalue weighted by molar-refractivity contribution is 5.85. The van der Waals surface area contributed by atoms with Crippen LogP contribution in [0.4, 0.5) is 13.2 Å². The summed E-state index contributed by atoms with van der Waals surface area (Å²) in [6.45, 7) is 0. The van der Waals surface area contributed by atoms with Gasteiger partial charge < -0.3 is 5.73 Å². The van der Waals surface area contributed by atoms with Crippen LogP contribution in [-0.2, 0) is 0 Å². The molecule has 0 heterocycles. The first-order chi connectivity index (χ1) is 5.02. The van der Waals surface area contributed by atoms with Gasteiger partial charge in [-0.15, -0.1) is 12.4 Å². The van der Waals surface area contributed by atoms with Gasteiger partial charge in [-0.05, 0) is 12.8 Å². The van der Waals surface area contributed by atoms with Crippen LogP contribution in [0.5, 0.6) is 0 Å². The number of hydrogen-bond donors (Lipinski definition) is 1. The van der Waals surface area contributed by atoms with Gasteiger partial charge in [0.05, 0.1) is 5.92 Å². The van der Waals surface area contributed by atoms with Crippen LogP contribution in [0.1, 0.15) is 25.7 Å².